The highest BCUT2D eigenvalue weighted by Crippen LogP contribution is 2.69. The Labute approximate surface area is 199 Å². The van der Waals surface area contributed by atoms with Gasteiger partial charge in [0.25, 0.3) is 0 Å². The van der Waals surface area contributed by atoms with Gasteiger partial charge in [0.2, 0.25) is 0 Å². The first-order valence-corrected chi connectivity index (χ1v) is 12.7. The number of ether oxygens (including phenoxy) is 2. The first-order chi connectivity index (χ1) is 15.9. The van der Waals surface area contributed by atoms with Gasteiger partial charge in [-0.1, -0.05) is 13.8 Å². The van der Waals surface area contributed by atoms with Crippen molar-refractivity contribution in [3.05, 3.63) is 0 Å². The molecule has 1 aliphatic heterocycles. The van der Waals surface area contributed by atoms with Crippen molar-refractivity contribution in [1.29, 1.82) is 0 Å². The van der Waals surface area contributed by atoms with Crippen LogP contribution in [0.3, 0.4) is 0 Å². The minimum absolute atomic E-state index is 0.0843. The zero-order valence-electron chi connectivity index (χ0n) is 20.0. The molecule has 5 N–H and O–H groups in total. The summed E-state index contributed by atoms with van der Waals surface area (Å²) in [4.78, 5) is 24.2. The zero-order valence-corrected chi connectivity index (χ0v) is 20.0. The molecule has 1 saturated heterocycles. The van der Waals surface area contributed by atoms with Crippen LogP contribution in [0.2, 0.25) is 0 Å². The highest BCUT2D eigenvalue weighted by atomic mass is 16.7. The van der Waals surface area contributed by atoms with Crippen molar-refractivity contribution in [2.24, 2.45) is 34.5 Å². The Morgan fingerprint density at radius 2 is 1.68 bits per heavy atom. The first-order valence-electron chi connectivity index (χ1n) is 12.7. The van der Waals surface area contributed by atoms with E-state index in [1.54, 1.807) is 6.92 Å². The third kappa shape index (κ3) is 3.27. The number of Topliss-reactive ketones (excluding diaryl/α,β-unsaturated/α-hetero) is 1. The predicted octanol–water partition coefficient (Wildman–Crippen LogP) is 0.850. The lowest BCUT2D eigenvalue weighted by Gasteiger charge is -2.64. The maximum absolute atomic E-state index is 13.1. The number of fused-ring (bicyclic) bond motifs is 5. The Bertz CT molecular complexity index is 855. The molecule has 2 unspecified atom stereocenters. The van der Waals surface area contributed by atoms with E-state index in [2.05, 4.69) is 6.92 Å². The molecule has 0 amide bonds. The van der Waals surface area contributed by atoms with Crippen LogP contribution < -0.4 is 0 Å². The molecule has 4 aliphatic carbocycles. The monoisotopic (exact) mass is 482 g/mol. The first kappa shape index (κ1) is 24.6. The van der Waals surface area contributed by atoms with Crippen LogP contribution in [0.1, 0.15) is 65.2 Å². The van der Waals surface area contributed by atoms with Gasteiger partial charge < -0.3 is 35.0 Å². The van der Waals surface area contributed by atoms with Crippen LogP contribution in [-0.2, 0) is 19.1 Å². The van der Waals surface area contributed by atoms with Crippen molar-refractivity contribution in [1.82, 2.24) is 0 Å². The molecule has 0 aromatic rings. The lowest BCUT2D eigenvalue weighted by molar-refractivity contribution is -0.265. The highest BCUT2D eigenvalue weighted by Gasteiger charge is 2.71. The molecule has 192 valence electrons. The average Bonchev–Trinajstić information content (AvgIpc) is 3.31. The number of ketones is 1. The zero-order chi connectivity index (χ0) is 24.7. The van der Waals surface area contributed by atoms with Gasteiger partial charge in [-0.05, 0) is 61.2 Å². The molecule has 9 nitrogen and oxygen atoms in total. The molecule has 0 aromatic carbocycles. The van der Waals surface area contributed by atoms with E-state index in [4.69, 9.17) is 14.6 Å². The maximum atomic E-state index is 13.1. The van der Waals surface area contributed by atoms with Crippen LogP contribution in [0.4, 0.5) is 0 Å². The second-order valence-corrected chi connectivity index (χ2v) is 12.1. The molecule has 10 atom stereocenters. The van der Waals surface area contributed by atoms with Crippen molar-refractivity contribution in [3.8, 4) is 0 Å². The minimum atomic E-state index is -1.91. The Kier molecular flexibility index (Phi) is 5.75. The average molecular weight is 483 g/mol. The van der Waals surface area contributed by atoms with E-state index in [0.29, 0.717) is 38.9 Å². The van der Waals surface area contributed by atoms with Gasteiger partial charge in [0.1, 0.15) is 11.7 Å². The summed E-state index contributed by atoms with van der Waals surface area (Å²) in [7, 11) is 0. The number of hydrogen-bond acceptors (Lipinski definition) is 8. The second kappa shape index (κ2) is 7.95. The van der Waals surface area contributed by atoms with Crippen molar-refractivity contribution < 1.29 is 44.6 Å². The summed E-state index contributed by atoms with van der Waals surface area (Å²) in [6, 6.07) is 0. The van der Waals surface area contributed by atoms with Gasteiger partial charge in [0, 0.05) is 18.3 Å². The largest absolute Gasteiger partial charge is 0.481 e. The normalized spacial score (nSPS) is 50.3. The number of carbonyl (C=O) groups excluding carboxylic acids is 1. The maximum Gasteiger partial charge on any atom is 0.306 e. The minimum Gasteiger partial charge on any atom is -0.481 e. The third-order valence-corrected chi connectivity index (χ3v) is 10.7. The molecule has 1 spiro atoms. The van der Waals surface area contributed by atoms with Gasteiger partial charge in [0.15, 0.2) is 11.6 Å². The van der Waals surface area contributed by atoms with E-state index < -0.39 is 53.3 Å². The molecular formula is C25H38O9. The Hall–Kier alpha value is -1.10. The van der Waals surface area contributed by atoms with Gasteiger partial charge in [-0.2, -0.15) is 0 Å². The highest BCUT2D eigenvalue weighted by molar-refractivity contribution is 5.94. The number of aliphatic hydroxyl groups is 4. The molecule has 1 heterocycles. The number of aliphatic carboxylic acids is 1. The summed E-state index contributed by atoms with van der Waals surface area (Å²) >= 11 is 0. The number of rotatable bonds is 4. The number of aliphatic hydroxyl groups excluding tert-OH is 3. The standard InChI is InChI=1S/C25H38O9/c1-22-5-6-24(33-7-8-34-24)11-15(22)16(26)9-13-14-3-4-25(32,21(31)17(27)10-19(29)30)23(14,2)12-18(28)20(13)22/h13-18,20,26-28,32H,3-12H2,1-2H3,(H,29,30)/t13-,14-,15?,16-,17?,18+,20+,22-,23-,25-/m0/s1. The topological polar surface area (TPSA) is 154 Å². The molecular weight excluding hydrogens is 444 g/mol. The number of carbonyl (C=O) groups is 2. The van der Waals surface area contributed by atoms with Crippen molar-refractivity contribution in [2.75, 3.05) is 13.2 Å². The van der Waals surface area contributed by atoms with E-state index in [-0.39, 0.29) is 41.9 Å². The molecule has 0 aromatic heterocycles. The summed E-state index contributed by atoms with van der Waals surface area (Å²) in [5.41, 5.74) is -3.26. The van der Waals surface area contributed by atoms with Crippen molar-refractivity contribution in [2.45, 2.75) is 94.9 Å². The Balaban J connectivity index is 1.44. The Morgan fingerprint density at radius 3 is 2.32 bits per heavy atom. The SMILES string of the molecule is C[C@]12CCC3(CC1[C@@H](O)C[C@@H]1[C@@H]2[C@H](O)C[C@@]2(C)[C@H]1CC[C@]2(O)C(=O)C(O)CC(=O)O)OCCO3. The number of carboxylic acids is 1. The summed E-state index contributed by atoms with van der Waals surface area (Å²) in [5.74, 6) is -3.24. The molecule has 0 radical (unpaired) electrons. The second-order valence-electron chi connectivity index (χ2n) is 12.1. The summed E-state index contributed by atoms with van der Waals surface area (Å²) < 4.78 is 11.9. The quantitative estimate of drug-likeness (QED) is 0.392. The van der Waals surface area contributed by atoms with E-state index in [1.807, 2.05) is 0 Å². The molecule has 34 heavy (non-hydrogen) atoms. The fraction of sp³-hybridized carbons (Fsp3) is 0.920. The van der Waals surface area contributed by atoms with Crippen molar-refractivity contribution in [3.63, 3.8) is 0 Å². The predicted molar refractivity (Wildman–Crippen MR) is 117 cm³/mol. The summed E-state index contributed by atoms with van der Waals surface area (Å²) in [5, 5.41) is 53.7. The van der Waals surface area contributed by atoms with Gasteiger partial charge >= 0.3 is 5.97 Å². The number of carboxylic acid groups (broad SMARTS) is 1. The summed E-state index contributed by atoms with van der Waals surface area (Å²) in [6.07, 6.45) is -0.646. The van der Waals surface area contributed by atoms with Gasteiger partial charge in [-0.3, -0.25) is 9.59 Å². The van der Waals surface area contributed by atoms with Crippen molar-refractivity contribution >= 4 is 11.8 Å². The van der Waals surface area contributed by atoms with Crippen LogP contribution >= 0.6 is 0 Å². The number of hydrogen-bond donors (Lipinski definition) is 5. The lowest BCUT2D eigenvalue weighted by atomic mass is 9.42. The van der Waals surface area contributed by atoms with E-state index in [1.165, 1.54) is 0 Å². The molecule has 5 aliphatic rings. The molecule has 4 saturated carbocycles. The molecule has 5 fully saturated rings. The molecule has 0 bridgehead atoms. The van der Waals surface area contributed by atoms with Crippen LogP contribution in [0, 0.1) is 34.5 Å². The van der Waals surface area contributed by atoms with Crippen LogP contribution in [-0.4, -0.2) is 80.2 Å². The van der Waals surface area contributed by atoms with Crippen LogP contribution in [0.25, 0.3) is 0 Å². The van der Waals surface area contributed by atoms with Gasteiger partial charge in [0.05, 0.1) is 31.8 Å². The van der Waals surface area contributed by atoms with E-state index in [0.717, 1.165) is 6.42 Å². The fourth-order valence-electron chi connectivity index (χ4n) is 9.06. The van der Waals surface area contributed by atoms with Crippen LogP contribution in [0.5, 0.6) is 0 Å². The van der Waals surface area contributed by atoms with Gasteiger partial charge in [-0.15, -0.1) is 0 Å². The molecule has 9 heteroatoms. The lowest BCUT2D eigenvalue weighted by Crippen LogP contribution is -2.66. The van der Waals surface area contributed by atoms with Crippen LogP contribution in [0.15, 0.2) is 0 Å². The van der Waals surface area contributed by atoms with Gasteiger partial charge in [-0.25, -0.2) is 0 Å². The molecule has 5 rings (SSSR count). The fourth-order valence-corrected chi connectivity index (χ4v) is 9.06. The summed E-state index contributed by atoms with van der Waals surface area (Å²) in [6.45, 7) is 5.03. The smallest absolute Gasteiger partial charge is 0.306 e. The van der Waals surface area contributed by atoms with E-state index >= 15 is 0 Å². The Morgan fingerprint density at radius 1 is 1.00 bits per heavy atom. The third-order valence-electron chi connectivity index (χ3n) is 10.7. The van der Waals surface area contributed by atoms with E-state index in [9.17, 15) is 30.0 Å².